The van der Waals surface area contributed by atoms with Crippen molar-refractivity contribution >= 4 is 11.8 Å². The molecule has 0 unspecified atom stereocenters. The molecule has 110 valence electrons. The zero-order valence-electron chi connectivity index (χ0n) is 12.3. The van der Waals surface area contributed by atoms with E-state index in [1.165, 1.54) is 0 Å². The smallest absolute Gasteiger partial charge is 0.339 e. The molecule has 0 amide bonds. The number of aromatic carboxylic acids is 1. The fourth-order valence-corrected chi connectivity index (χ4v) is 2.92. The standard InChI is InChI=1S/C15H22N2O3/c1-10-8-9-16-14(13(10)15(18)19)17(2)11-4-6-12(20-3)7-5-11/h8-9,11-12H,4-7H2,1-3H3,(H,18,19). The van der Waals surface area contributed by atoms with Crippen LogP contribution in [-0.2, 0) is 4.74 Å². The summed E-state index contributed by atoms with van der Waals surface area (Å²) in [6.45, 7) is 1.81. The molecular formula is C15H22N2O3. The van der Waals surface area contributed by atoms with Crippen molar-refractivity contribution < 1.29 is 14.6 Å². The number of nitrogens with zero attached hydrogens (tertiary/aromatic N) is 2. The van der Waals surface area contributed by atoms with Crippen LogP contribution in [0.1, 0.15) is 41.6 Å². The normalized spacial score (nSPS) is 22.6. The van der Waals surface area contributed by atoms with Crippen LogP contribution in [0.5, 0.6) is 0 Å². The van der Waals surface area contributed by atoms with E-state index in [1.54, 1.807) is 19.4 Å². The molecule has 1 fully saturated rings. The van der Waals surface area contributed by atoms with Gasteiger partial charge in [0.1, 0.15) is 11.4 Å². The van der Waals surface area contributed by atoms with Crippen molar-refractivity contribution in [2.24, 2.45) is 0 Å². The van der Waals surface area contributed by atoms with Crippen LogP contribution in [0.4, 0.5) is 5.82 Å². The molecule has 1 saturated carbocycles. The number of aryl methyl sites for hydroxylation is 1. The third-order valence-corrected chi connectivity index (χ3v) is 4.21. The van der Waals surface area contributed by atoms with Crippen LogP contribution in [-0.4, -0.2) is 42.4 Å². The van der Waals surface area contributed by atoms with E-state index in [0.29, 0.717) is 23.5 Å². The quantitative estimate of drug-likeness (QED) is 0.916. The Hall–Kier alpha value is -1.62. The van der Waals surface area contributed by atoms with E-state index in [9.17, 15) is 9.90 Å². The van der Waals surface area contributed by atoms with Gasteiger partial charge >= 0.3 is 5.97 Å². The van der Waals surface area contributed by atoms with Crippen molar-refractivity contribution in [3.8, 4) is 0 Å². The number of hydrogen-bond donors (Lipinski definition) is 1. The maximum atomic E-state index is 11.4. The van der Waals surface area contributed by atoms with Crippen LogP contribution < -0.4 is 4.90 Å². The summed E-state index contributed by atoms with van der Waals surface area (Å²) in [6.07, 6.45) is 6.05. The first-order valence-corrected chi connectivity index (χ1v) is 6.99. The summed E-state index contributed by atoms with van der Waals surface area (Å²) < 4.78 is 5.38. The molecule has 5 heteroatoms. The molecule has 1 heterocycles. The molecule has 1 aromatic rings. The molecule has 0 aliphatic heterocycles. The summed E-state index contributed by atoms with van der Waals surface area (Å²) in [5.41, 5.74) is 1.06. The van der Waals surface area contributed by atoms with Gasteiger partial charge in [0.05, 0.1) is 6.10 Å². The number of carboxylic acid groups (broad SMARTS) is 1. The summed E-state index contributed by atoms with van der Waals surface area (Å²) in [6, 6.07) is 2.07. The summed E-state index contributed by atoms with van der Waals surface area (Å²) in [5, 5.41) is 9.39. The minimum absolute atomic E-state index is 0.309. The monoisotopic (exact) mass is 278 g/mol. The minimum Gasteiger partial charge on any atom is -0.478 e. The maximum absolute atomic E-state index is 11.4. The van der Waals surface area contributed by atoms with E-state index in [4.69, 9.17) is 4.74 Å². The van der Waals surface area contributed by atoms with Crippen molar-refractivity contribution in [3.63, 3.8) is 0 Å². The van der Waals surface area contributed by atoms with Gasteiger partial charge in [0, 0.05) is 26.4 Å². The van der Waals surface area contributed by atoms with Crippen molar-refractivity contribution in [2.45, 2.75) is 44.8 Å². The Labute approximate surface area is 119 Å². The number of ether oxygens (including phenoxy) is 1. The molecule has 1 aliphatic rings. The highest BCUT2D eigenvalue weighted by atomic mass is 16.5. The molecule has 20 heavy (non-hydrogen) atoms. The number of carboxylic acids is 1. The average molecular weight is 278 g/mol. The third-order valence-electron chi connectivity index (χ3n) is 4.21. The fourth-order valence-electron chi connectivity index (χ4n) is 2.92. The highest BCUT2D eigenvalue weighted by Crippen LogP contribution is 2.29. The highest BCUT2D eigenvalue weighted by Gasteiger charge is 2.27. The Morgan fingerprint density at radius 3 is 2.60 bits per heavy atom. The number of rotatable bonds is 4. The van der Waals surface area contributed by atoms with Crippen LogP contribution in [0.15, 0.2) is 12.3 Å². The number of hydrogen-bond acceptors (Lipinski definition) is 4. The Balaban J connectivity index is 2.20. The molecule has 1 N–H and O–H groups in total. The van der Waals surface area contributed by atoms with Crippen molar-refractivity contribution in [1.82, 2.24) is 4.98 Å². The summed E-state index contributed by atoms with van der Waals surface area (Å²) in [5.74, 6) is -0.346. The maximum Gasteiger partial charge on any atom is 0.339 e. The second-order valence-corrected chi connectivity index (χ2v) is 5.41. The van der Waals surface area contributed by atoms with Crippen molar-refractivity contribution in [1.29, 1.82) is 0 Å². The molecule has 0 atom stereocenters. The van der Waals surface area contributed by atoms with E-state index in [2.05, 4.69) is 4.98 Å². The molecule has 0 spiro atoms. The van der Waals surface area contributed by atoms with Gasteiger partial charge in [0.2, 0.25) is 0 Å². The van der Waals surface area contributed by atoms with Crippen LogP contribution in [0.3, 0.4) is 0 Å². The van der Waals surface area contributed by atoms with Gasteiger partial charge in [0.25, 0.3) is 0 Å². The highest BCUT2D eigenvalue weighted by molar-refractivity contribution is 5.94. The summed E-state index contributed by atoms with van der Waals surface area (Å²) in [7, 11) is 3.69. The van der Waals surface area contributed by atoms with Gasteiger partial charge in [0.15, 0.2) is 0 Å². The van der Waals surface area contributed by atoms with Gasteiger partial charge in [-0.3, -0.25) is 0 Å². The van der Waals surface area contributed by atoms with Gasteiger partial charge in [-0.05, 0) is 44.2 Å². The summed E-state index contributed by atoms with van der Waals surface area (Å²) in [4.78, 5) is 17.7. The topological polar surface area (TPSA) is 62.7 Å². The first kappa shape index (κ1) is 14.8. The van der Waals surface area contributed by atoms with Crippen LogP contribution in [0.2, 0.25) is 0 Å². The van der Waals surface area contributed by atoms with Gasteiger partial charge < -0.3 is 14.7 Å². The molecule has 0 bridgehead atoms. The summed E-state index contributed by atoms with van der Waals surface area (Å²) >= 11 is 0. The molecule has 0 aromatic carbocycles. The first-order chi connectivity index (χ1) is 9.54. The van der Waals surface area contributed by atoms with Crippen LogP contribution >= 0.6 is 0 Å². The zero-order valence-corrected chi connectivity index (χ0v) is 12.3. The van der Waals surface area contributed by atoms with E-state index in [0.717, 1.165) is 31.2 Å². The third kappa shape index (κ3) is 2.93. The number of anilines is 1. The lowest BCUT2D eigenvalue weighted by atomic mass is 9.92. The Kier molecular flexibility index (Phi) is 4.60. The van der Waals surface area contributed by atoms with Crippen molar-refractivity contribution in [3.05, 3.63) is 23.4 Å². The molecule has 2 rings (SSSR count). The molecule has 5 nitrogen and oxygen atoms in total. The predicted octanol–water partition coefficient (Wildman–Crippen LogP) is 2.48. The van der Waals surface area contributed by atoms with E-state index < -0.39 is 5.97 Å². The SMILES string of the molecule is COC1CCC(N(C)c2nccc(C)c2C(=O)O)CC1. The predicted molar refractivity (Wildman–Crippen MR) is 77.4 cm³/mol. The molecular weight excluding hydrogens is 256 g/mol. The molecule has 0 radical (unpaired) electrons. The lowest BCUT2D eigenvalue weighted by Gasteiger charge is -2.35. The van der Waals surface area contributed by atoms with Gasteiger partial charge in [-0.1, -0.05) is 0 Å². The fraction of sp³-hybridized carbons (Fsp3) is 0.600. The molecule has 0 saturated heterocycles. The Morgan fingerprint density at radius 2 is 2.05 bits per heavy atom. The number of pyridine rings is 1. The van der Waals surface area contributed by atoms with Gasteiger partial charge in [-0.25, -0.2) is 9.78 Å². The average Bonchev–Trinajstić information content (AvgIpc) is 2.46. The first-order valence-electron chi connectivity index (χ1n) is 6.99. The van der Waals surface area contributed by atoms with E-state index in [-0.39, 0.29) is 0 Å². The lowest BCUT2D eigenvalue weighted by Crippen LogP contribution is -2.38. The second-order valence-electron chi connectivity index (χ2n) is 5.41. The number of aromatic nitrogens is 1. The van der Waals surface area contributed by atoms with Gasteiger partial charge in [-0.15, -0.1) is 0 Å². The zero-order chi connectivity index (χ0) is 14.7. The minimum atomic E-state index is -0.914. The largest absolute Gasteiger partial charge is 0.478 e. The van der Waals surface area contributed by atoms with E-state index >= 15 is 0 Å². The van der Waals surface area contributed by atoms with E-state index in [1.807, 2.05) is 18.9 Å². The van der Waals surface area contributed by atoms with Crippen LogP contribution in [0.25, 0.3) is 0 Å². The lowest BCUT2D eigenvalue weighted by molar-refractivity contribution is 0.0655. The van der Waals surface area contributed by atoms with Crippen molar-refractivity contribution in [2.75, 3.05) is 19.1 Å². The van der Waals surface area contributed by atoms with Gasteiger partial charge in [-0.2, -0.15) is 0 Å². The Morgan fingerprint density at radius 1 is 1.40 bits per heavy atom. The second kappa shape index (κ2) is 6.22. The Bertz CT molecular complexity index is 482. The molecule has 1 aromatic heterocycles. The van der Waals surface area contributed by atoms with Crippen LogP contribution in [0, 0.1) is 6.92 Å². The number of carbonyl (C=O) groups is 1. The molecule has 1 aliphatic carbocycles. The number of methoxy groups -OCH3 is 1.